The van der Waals surface area contributed by atoms with E-state index in [4.69, 9.17) is 0 Å². The van der Waals surface area contributed by atoms with Crippen LogP contribution in [0.4, 0.5) is 0 Å². The summed E-state index contributed by atoms with van der Waals surface area (Å²) in [7, 11) is 0. The van der Waals surface area contributed by atoms with Crippen LogP contribution >= 0.6 is 0 Å². The normalized spacial score (nSPS) is 37.0. The molecule has 0 aromatic heterocycles. The van der Waals surface area contributed by atoms with Crippen LogP contribution in [-0.4, -0.2) is 24.0 Å². The molecular weight excluding hydrogens is 236 g/mol. The number of fused-ring (bicyclic) bond motifs is 1. The van der Waals surface area contributed by atoms with E-state index >= 15 is 0 Å². The smallest absolute Gasteiger partial charge is 0.237 e. The molecule has 2 saturated carbocycles. The number of nitrogens with one attached hydrogen (secondary N) is 2. The Bertz CT molecular complexity index is 311. The van der Waals surface area contributed by atoms with E-state index in [9.17, 15) is 4.79 Å². The molecule has 0 radical (unpaired) electrons. The third kappa shape index (κ3) is 2.96. The number of hydrogen-bond acceptors (Lipinski definition) is 2. The number of amides is 1. The predicted molar refractivity (Wildman–Crippen MR) is 76.8 cm³/mol. The third-order valence-corrected chi connectivity index (χ3v) is 5.66. The minimum atomic E-state index is 0.0805. The molecule has 3 rings (SSSR count). The first-order valence-electron chi connectivity index (χ1n) is 8.30. The first-order valence-corrected chi connectivity index (χ1v) is 8.30. The summed E-state index contributed by atoms with van der Waals surface area (Å²) in [5, 5.41) is 6.85. The maximum absolute atomic E-state index is 12.4. The fraction of sp³-hybridized carbons (Fsp3) is 0.938. The van der Waals surface area contributed by atoms with Crippen molar-refractivity contribution in [3.63, 3.8) is 0 Å². The minimum absolute atomic E-state index is 0.0805. The van der Waals surface area contributed by atoms with Crippen LogP contribution in [0.2, 0.25) is 0 Å². The summed E-state index contributed by atoms with van der Waals surface area (Å²) < 4.78 is 0. The fourth-order valence-corrected chi connectivity index (χ4v) is 4.42. The standard InChI is InChI=1S/C16H28N2O/c1-11(12-6-2-3-7-12)17-16(19)15-10-13-8-4-5-9-14(13)18-15/h11-15,18H,2-10H2,1H3,(H,17,19)/t11-,13?,14?,15?/m1/s1. The van der Waals surface area contributed by atoms with Crippen molar-refractivity contribution in [3.05, 3.63) is 0 Å². The lowest BCUT2D eigenvalue weighted by Crippen LogP contribution is -2.47. The van der Waals surface area contributed by atoms with Crippen LogP contribution in [0.5, 0.6) is 0 Å². The second-order valence-corrected chi connectivity index (χ2v) is 6.95. The molecule has 0 bridgehead atoms. The highest BCUT2D eigenvalue weighted by Gasteiger charge is 2.38. The van der Waals surface area contributed by atoms with Crippen molar-refractivity contribution in [1.82, 2.24) is 10.6 Å². The van der Waals surface area contributed by atoms with Crippen LogP contribution in [0.3, 0.4) is 0 Å². The lowest BCUT2D eigenvalue weighted by Gasteiger charge is -2.24. The second kappa shape index (κ2) is 5.82. The van der Waals surface area contributed by atoms with Gasteiger partial charge in [0.1, 0.15) is 0 Å². The SMILES string of the molecule is C[C@@H](NC(=O)C1CC2CCCCC2N1)C1CCCC1. The van der Waals surface area contributed by atoms with Crippen LogP contribution in [0.25, 0.3) is 0 Å². The van der Waals surface area contributed by atoms with Crippen LogP contribution < -0.4 is 10.6 Å². The summed E-state index contributed by atoms with van der Waals surface area (Å²) in [5.74, 6) is 1.73. The zero-order valence-electron chi connectivity index (χ0n) is 12.2. The van der Waals surface area contributed by atoms with Gasteiger partial charge in [0, 0.05) is 12.1 Å². The first-order chi connectivity index (χ1) is 9.24. The molecule has 1 heterocycles. The lowest BCUT2D eigenvalue weighted by atomic mass is 9.85. The molecule has 1 saturated heterocycles. The van der Waals surface area contributed by atoms with Crippen LogP contribution in [0.1, 0.15) is 64.7 Å². The molecule has 3 fully saturated rings. The van der Waals surface area contributed by atoms with E-state index in [1.807, 2.05) is 0 Å². The zero-order valence-corrected chi connectivity index (χ0v) is 12.2. The molecular formula is C16H28N2O. The Morgan fingerprint density at radius 1 is 1.11 bits per heavy atom. The van der Waals surface area contributed by atoms with Gasteiger partial charge < -0.3 is 10.6 Å². The van der Waals surface area contributed by atoms with Crippen molar-refractivity contribution in [2.75, 3.05) is 0 Å². The number of hydrogen-bond donors (Lipinski definition) is 2. The molecule has 3 heteroatoms. The van der Waals surface area contributed by atoms with Gasteiger partial charge in [-0.25, -0.2) is 0 Å². The monoisotopic (exact) mass is 264 g/mol. The first kappa shape index (κ1) is 13.4. The van der Waals surface area contributed by atoms with Crippen LogP contribution in [0, 0.1) is 11.8 Å². The maximum Gasteiger partial charge on any atom is 0.237 e. The fourth-order valence-electron chi connectivity index (χ4n) is 4.42. The maximum atomic E-state index is 12.4. The Hall–Kier alpha value is -0.570. The number of carbonyl (C=O) groups is 1. The highest BCUT2D eigenvalue weighted by molar-refractivity contribution is 5.82. The van der Waals surface area contributed by atoms with Gasteiger partial charge in [0.25, 0.3) is 0 Å². The molecule has 3 aliphatic rings. The van der Waals surface area contributed by atoms with E-state index in [1.165, 1.54) is 51.4 Å². The van der Waals surface area contributed by atoms with E-state index in [-0.39, 0.29) is 11.9 Å². The van der Waals surface area contributed by atoms with Gasteiger partial charge in [0.05, 0.1) is 6.04 Å². The topological polar surface area (TPSA) is 41.1 Å². The average molecular weight is 264 g/mol. The largest absolute Gasteiger partial charge is 0.352 e. The van der Waals surface area contributed by atoms with Gasteiger partial charge in [-0.3, -0.25) is 4.79 Å². The Morgan fingerprint density at radius 2 is 1.79 bits per heavy atom. The average Bonchev–Trinajstić information content (AvgIpc) is 3.07. The minimum Gasteiger partial charge on any atom is -0.352 e. The van der Waals surface area contributed by atoms with Gasteiger partial charge in [-0.2, -0.15) is 0 Å². The Kier molecular flexibility index (Phi) is 4.11. The van der Waals surface area contributed by atoms with Gasteiger partial charge in [-0.15, -0.1) is 0 Å². The molecule has 2 aliphatic carbocycles. The molecule has 4 atom stereocenters. The second-order valence-electron chi connectivity index (χ2n) is 6.95. The summed E-state index contributed by atoms with van der Waals surface area (Å²) >= 11 is 0. The molecule has 0 aromatic rings. The van der Waals surface area contributed by atoms with Crippen molar-refractivity contribution in [2.24, 2.45) is 11.8 Å². The Balaban J connectivity index is 1.50. The highest BCUT2D eigenvalue weighted by Crippen LogP contribution is 2.33. The molecule has 19 heavy (non-hydrogen) atoms. The molecule has 3 unspecified atom stereocenters. The summed E-state index contributed by atoms with van der Waals surface area (Å²) in [6, 6.07) is 1.06. The molecule has 2 N–H and O–H groups in total. The quantitative estimate of drug-likeness (QED) is 0.822. The number of carbonyl (C=O) groups excluding carboxylic acids is 1. The van der Waals surface area contributed by atoms with Gasteiger partial charge in [0.2, 0.25) is 5.91 Å². The van der Waals surface area contributed by atoms with E-state index in [0.29, 0.717) is 18.0 Å². The van der Waals surface area contributed by atoms with Gasteiger partial charge in [0.15, 0.2) is 0 Å². The molecule has 1 amide bonds. The Labute approximate surface area is 116 Å². The van der Waals surface area contributed by atoms with E-state index < -0.39 is 0 Å². The summed E-state index contributed by atoms with van der Waals surface area (Å²) in [6.45, 7) is 2.19. The molecule has 0 spiro atoms. The van der Waals surface area contributed by atoms with Crippen LogP contribution in [-0.2, 0) is 4.79 Å². The molecule has 0 aromatic carbocycles. The highest BCUT2D eigenvalue weighted by atomic mass is 16.2. The van der Waals surface area contributed by atoms with E-state index in [0.717, 1.165) is 12.3 Å². The van der Waals surface area contributed by atoms with E-state index in [2.05, 4.69) is 17.6 Å². The third-order valence-electron chi connectivity index (χ3n) is 5.66. The van der Waals surface area contributed by atoms with Crippen LogP contribution in [0.15, 0.2) is 0 Å². The summed E-state index contributed by atoms with van der Waals surface area (Å²) in [4.78, 5) is 12.4. The van der Waals surface area contributed by atoms with Gasteiger partial charge in [-0.1, -0.05) is 25.7 Å². The van der Waals surface area contributed by atoms with Crippen molar-refractivity contribution < 1.29 is 4.79 Å². The van der Waals surface area contributed by atoms with Crippen molar-refractivity contribution in [2.45, 2.75) is 82.8 Å². The van der Waals surface area contributed by atoms with Crippen molar-refractivity contribution >= 4 is 5.91 Å². The van der Waals surface area contributed by atoms with Crippen molar-refractivity contribution in [1.29, 1.82) is 0 Å². The zero-order chi connectivity index (χ0) is 13.2. The predicted octanol–water partition coefficient (Wildman–Crippen LogP) is 2.60. The summed E-state index contributed by atoms with van der Waals surface area (Å²) in [6.07, 6.45) is 11.6. The number of rotatable bonds is 3. The van der Waals surface area contributed by atoms with E-state index in [1.54, 1.807) is 0 Å². The lowest BCUT2D eigenvalue weighted by molar-refractivity contribution is -0.123. The molecule has 1 aliphatic heterocycles. The molecule has 108 valence electrons. The van der Waals surface area contributed by atoms with Gasteiger partial charge in [-0.05, 0) is 50.9 Å². The van der Waals surface area contributed by atoms with Gasteiger partial charge >= 0.3 is 0 Å². The Morgan fingerprint density at radius 3 is 2.53 bits per heavy atom. The summed E-state index contributed by atoms with van der Waals surface area (Å²) in [5.41, 5.74) is 0. The van der Waals surface area contributed by atoms with Crippen molar-refractivity contribution in [3.8, 4) is 0 Å². The molecule has 3 nitrogen and oxygen atoms in total.